The van der Waals surface area contributed by atoms with E-state index < -0.39 is 72.2 Å². The highest BCUT2D eigenvalue weighted by atomic mass is 32.1. The van der Waals surface area contributed by atoms with Crippen LogP contribution in [0, 0.1) is 23.3 Å². The first-order valence-electron chi connectivity index (χ1n) is 11.9. The number of aliphatic hydroxyl groups is 3. The number of carbonyl (C=O) groups excluding carboxylic acids is 2. The van der Waals surface area contributed by atoms with Crippen LogP contribution in [0.15, 0.2) is 24.3 Å². The second kappa shape index (κ2) is 8.39. The fourth-order valence-corrected chi connectivity index (χ4v) is 7.04. The van der Waals surface area contributed by atoms with Gasteiger partial charge in [0.1, 0.15) is 12.2 Å². The molecule has 2 aliphatic heterocycles. The molecule has 4 N–H and O–H groups in total. The third-order valence-corrected chi connectivity index (χ3v) is 8.74. The molecule has 4 heterocycles. The Kier molecular flexibility index (Phi) is 5.35. The standard InChI is InChI=1S/C26H14F6N2O6S/c27-8-1-6-12(3-10(8)29)34(25-20(36)22(37)26(31,32)14(5-35)40-25)19-15(6)17-18(24(39)33-23(17)38)16-7-2-9(28)11(30)4-13(7)41-21(16)19/h1-4,14,20,22,25,35-37H,5H2,(H,33,38,39). The van der Waals surface area contributed by atoms with Gasteiger partial charge in [0, 0.05) is 32.3 Å². The maximum absolute atomic E-state index is 14.6. The van der Waals surface area contributed by atoms with Crippen molar-refractivity contribution in [3.63, 3.8) is 0 Å². The topological polar surface area (TPSA) is 121 Å². The number of amides is 2. The highest BCUT2D eigenvalue weighted by Gasteiger charge is 2.58. The van der Waals surface area contributed by atoms with Crippen molar-refractivity contribution in [2.24, 2.45) is 0 Å². The molecule has 2 amide bonds. The fraction of sp³-hybridized carbons (Fsp3) is 0.231. The van der Waals surface area contributed by atoms with E-state index in [1.807, 2.05) is 0 Å². The van der Waals surface area contributed by atoms with Gasteiger partial charge in [0.05, 0.1) is 33.5 Å². The predicted octanol–water partition coefficient (Wildman–Crippen LogP) is 3.85. The highest BCUT2D eigenvalue weighted by Crippen LogP contribution is 2.50. The van der Waals surface area contributed by atoms with Crippen LogP contribution in [0.2, 0.25) is 0 Å². The first kappa shape index (κ1) is 26.2. The molecule has 7 rings (SSSR count). The molecular weight excluding hydrogens is 582 g/mol. The van der Waals surface area contributed by atoms with Crippen molar-refractivity contribution < 1.29 is 56.0 Å². The summed E-state index contributed by atoms with van der Waals surface area (Å²) in [4.78, 5) is 26.1. The number of alkyl halides is 2. The molecule has 1 saturated heterocycles. The van der Waals surface area contributed by atoms with Crippen molar-refractivity contribution in [1.29, 1.82) is 0 Å². The quantitative estimate of drug-likeness (QED) is 0.182. The molecule has 15 heteroatoms. The number of nitrogens with zero attached hydrogens (tertiary/aromatic N) is 1. The summed E-state index contributed by atoms with van der Waals surface area (Å²) in [5.74, 6) is -11.3. The minimum Gasteiger partial charge on any atom is -0.393 e. The van der Waals surface area contributed by atoms with E-state index in [4.69, 9.17) is 4.74 Å². The second-order valence-electron chi connectivity index (χ2n) is 9.79. The smallest absolute Gasteiger partial charge is 0.304 e. The van der Waals surface area contributed by atoms with Crippen LogP contribution in [-0.2, 0) is 4.74 Å². The third-order valence-electron chi connectivity index (χ3n) is 7.59. The van der Waals surface area contributed by atoms with Gasteiger partial charge in [-0.05, 0) is 18.2 Å². The van der Waals surface area contributed by atoms with Crippen LogP contribution >= 0.6 is 11.3 Å². The molecule has 4 atom stereocenters. The summed E-state index contributed by atoms with van der Waals surface area (Å²) in [7, 11) is 0. The molecule has 0 aliphatic carbocycles. The van der Waals surface area contributed by atoms with Gasteiger partial charge in [0.25, 0.3) is 11.8 Å². The van der Waals surface area contributed by atoms with Crippen LogP contribution in [-0.4, -0.2) is 62.5 Å². The van der Waals surface area contributed by atoms with E-state index in [1.54, 1.807) is 0 Å². The van der Waals surface area contributed by atoms with Gasteiger partial charge in [-0.2, -0.15) is 0 Å². The molecule has 212 valence electrons. The summed E-state index contributed by atoms with van der Waals surface area (Å²) in [6.45, 7) is -1.31. The minimum absolute atomic E-state index is 0.00554. The Bertz CT molecular complexity index is 2020. The maximum atomic E-state index is 14.6. The van der Waals surface area contributed by atoms with Crippen molar-refractivity contribution in [2.75, 3.05) is 6.61 Å². The van der Waals surface area contributed by atoms with Gasteiger partial charge in [0.15, 0.2) is 35.6 Å². The summed E-state index contributed by atoms with van der Waals surface area (Å²) in [5.41, 5.74) is -1.06. The van der Waals surface area contributed by atoms with Gasteiger partial charge >= 0.3 is 5.92 Å². The average Bonchev–Trinajstić information content (AvgIpc) is 3.52. The molecule has 3 aromatic carbocycles. The van der Waals surface area contributed by atoms with Crippen molar-refractivity contribution in [2.45, 2.75) is 30.5 Å². The SMILES string of the molecule is O=C1NC(=O)c2c1c1c3cc(F)c(F)cc3sc1c1c2c2cc(F)c(F)cc2n1C1OC(CO)C(F)(F)C(O)C1O. The van der Waals surface area contributed by atoms with Crippen molar-refractivity contribution in [3.8, 4) is 0 Å². The van der Waals surface area contributed by atoms with Crippen LogP contribution in [0.3, 0.4) is 0 Å². The van der Waals surface area contributed by atoms with E-state index in [0.717, 1.165) is 28.0 Å². The summed E-state index contributed by atoms with van der Waals surface area (Å²) in [6.07, 6.45) is -9.55. The molecule has 1 fully saturated rings. The lowest BCUT2D eigenvalue weighted by atomic mass is 9.96. The Morgan fingerprint density at radius 3 is 2.15 bits per heavy atom. The zero-order chi connectivity index (χ0) is 29.3. The summed E-state index contributed by atoms with van der Waals surface area (Å²) in [5, 5.41) is 32.4. The molecule has 4 unspecified atom stereocenters. The van der Waals surface area contributed by atoms with E-state index in [2.05, 4.69) is 5.32 Å². The number of benzene rings is 3. The molecule has 0 bridgehead atoms. The first-order valence-corrected chi connectivity index (χ1v) is 12.7. The van der Waals surface area contributed by atoms with Gasteiger partial charge in [-0.3, -0.25) is 14.9 Å². The zero-order valence-electron chi connectivity index (χ0n) is 20.0. The lowest BCUT2D eigenvalue weighted by Crippen LogP contribution is -2.60. The van der Waals surface area contributed by atoms with Gasteiger partial charge in [-0.25, -0.2) is 26.3 Å². The molecule has 0 radical (unpaired) electrons. The van der Waals surface area contributed by atoms with Crippen LogP contribution in [0.4, 0.5) is 26.3 Å². The number of nitrogens with one attached hydrogen (secondary N) is 1. The number of aliphatic hydroxyl groups excluding tert-OH is 3. The molecule has 2 aliphatic rings. The summed E-state index contributed by atoms with van der Waals surface area (Å²) >= 11 is 0.790. The Morgan fingerprint density at radius 2 is 1.49 bits per heavy atom. The number of ether oxygens (including phenoxy) is 1. The first-order chi connectivity index (χ1) is 19.4. The molecule has 41 heavy (non-hydrogen) atoms. The van der Waals surface area contributed by atoms with Gasteiger partial charge in [-0.1, -0.05) is 0 Å². The molecule has 0 saturated carbocycles. The molecular formula is C26H14F6N2O6S. The molecule has 8 nitrogen and oxygen atoms in total. The second-order valence-corrected chi connectivity index (χ2v) is 10.8. The zero-order valence-corrected chi connectivity index (χ0v) is 20.8. The molecule has 2 aromatic heterocycles. The highest BCUT2D eigenvalue weighted by molar-refractivity contribution is 7.26. The van der Waals surface area contributed by atoms with Crippen LogP contribution < -0.4 is 5.32 Å². The number of halogens is 6. The largest absolute Gasteiger partial charge is 0.393 e. The monoisotopic (exact) mass is 596 g/mol. The maximum Gasteiger partial charge on any atom is 0.304 e. The number of carbonyl (C=O) groups is 2. The van der Waals surface area contributed by atoms with Crippen LogP contribution in [0.1, 0.15) is 26.9 Å². The number of imide groups is 1. The normalized spacial score (nSPS) is 24.2. The van der Waals surface area contributed by atoms with Gasteiger partial charge in [-0.15, -0.1) is 11.3 Å². The van der Waals surface area contributed by atoms with E-state index in [1.165, 1.54) is 0 Å². The fourth-order valence-electron chi connectivity index (χ4n) is 5.78. The van der Waals surface area contributed by atoms with Crippen molar-refractivity contribution >= 4 is 65.1 Å². The van der Waals surface area contributed by atoms with Crippen molar-refractivity contribution in [3.05, 3.63) is 58.7 Å². The average molecular weight is 596 g/mol. The summed E-state index contributed by atoms with van der Waals surface area (Å²) in [6, 6.07) is 2.98. The lowest BCUT2D eigenvalue weighted by molar-refractivity contribution is -0.309. The Morgan fingerprint density at radius 1 is 0.902 bits per heavy atom. The number of hydrogen-bond donors (Lipinski definition) is 4. The summed E-state index contributed by atoms with van der Waals surface area (Å²) < 4.78 is 93.5. The minimum atomic E-state index is -4.13. The van der Waals surface area contributed by atoms with E-state index in [-0.39, 0.29) is 53.1 Å². The van der Waals surface area contributed by atoms with Crippen LogP contribution in [0.5, 0.6) is 0 Å². The van der Waals surface area contributed by atoms with Crippen molar-refractivity contribution in [1.82, 2.24) is 9.88 Å². The number of hydrogen-bond acceptors (Lipinski definition) is 7. The number of rotatable bonds is 2. The number of thiophene rings is 1. The third kappa shape index (κ3) is 3.26. The van der Waals surface area contributed by atoms with E-state index in [0.29, 0.717) is 12.1 Å². The van der Waals surface area contributed by atoms with Gasteiger partial charge in [0.2, 0.25) is 0 Å². The Hall–Kier alpha value is -3.76. The number of aromatic nitrogens is 1. The molecule has 5 aromatic rings. The molecule has 0 spiro atoms. The van der Waals surface area contributed by atoms with E-state index >= 15 is 0 Å². The predicted molar refractivity (Wildman–Crippen MR) is 132 cm³/mol. The van der Waals surface area contributed by atoms with Gasteiger partial charge < -0.3 is 24.6 Å². The Balaban J connectivity index is 1.73. The van der Waals surface area contributed by atoms with E-state index in [9.17, 15) is 51.3 Å². The van der Waals surface area contributed by atoms with Crippen LogP contribution in [0.25, 0.3) is 42.0 Å². The number of fused-ring (bicyclic) bond motifs is 10. The lowest BCUT2D eigenvalue weighted by Gasteiger charge is -2.42. The Labute approximate surface area is 226 Å².